The van der Waals surface area contributed by atoms with E-state index in [2.05, 4.69) is 5.32 Å². The first-order chi connectivity index (χ1) is 14.1. The number of carbonyl (C=O) groups is 1. The summed E-state index contributed by atoms with van der Waals surface area (Å²) in [5.41, 5.74) is 1.74. The summed E-state index contributed by atoms with van der Waals surface area (Å²) in [6.07, 6.45) is 7.28. The molecule has 1 atom stereocenters. The van der Waals surface area contributed by atoms with E-state index in [9.17, 15) is 15.0 Å². The van der Waals surface area contributed by atoms with E-state index in [1.807, 2.05) is 24.3 Å². The zero-order valence-corrected chi connectivity index (χ0v) is 16.3. The van der Waals surface area contributed by atoms with Gasteiger partial charge in [0.05, 0.1) is 6.10 Å². The van der Waals surface area contributed by atoms with Gasteiger partial charge in [-0.25, -0.2) is 0 Å². The molecule has 3 rings (SSSR count). The van der Waals surface area contributed by atoms with Crippen LogP contribution in [-0.2, 0) is 16.0 Å². The molecule has 2 aromatic carbocycles. The Hall–Kier alpha value is -2.99. The summed E-state index contributed by atoms with van der Waals surface area (Å²) in [7, 11) is 0. The number of aromatic hydroxyl groups is 2. The van der Waals surface area contributed by atoms with Crippen LogP contribution in [0.15, 0.2) is 48.5 Å². The Bertz CT molecular complexity index is 826. The minimum Gasteiger partial charge on any atom is -0.504 e. The Morgan fingerprint density at radius 3 is 2.69 bits per heavy atom. The molecule has 6 heteroatoms. The van der Waals surface area contributed by atoms with Crippen LogP contribution in [0, 0.1) is 0 Å². The van der Waals surface area contributed by atoms with E-state index in [-0.39, 0.29) is 23.5 Å². The first kappa shape index (κ1) is 20.7. The summed E-state index contributed by atoms with van der Waals surface area (Å²) in [6.45, 7) is 1.92. The Kier molecular flexibility index (Phi) is 7.53. The number of ether oxygens (including phenoxy) is 2. The van der Waals surface area contributed by atoms with Gasteiger partial charge in [0.15, 0.2) is 11.5 Å². The molecular weight excluding hydrogens is 370 g/mol. The normalized spacial score (nSPS) is 16.6. The zero-order chi connectivity index (χ0) is 20.5. The summed E-state index contributed by atoms with van der Waals surface area (Å²) in [5.74, 6) is 0.202. The number of amides is 1. The third-order valence-corrected chi connectivity index (χ3v) is 4.77. The number of rotatable bonds is 8. The molecule has 1 unspecified atom stereocenters. The minimum absolute atomic E-state index is 0.190. The average Bonchev–Trinajstić information content (AvgIpc) is 2.75. The lowest BCUT2D eigenvalue weighted by molar-refractivity contribution is -0.116. The zero-order valence-electron chi connectivity index (χ0n) is 16.3. The fourth-order valence-corrected chi connectivity index (χ4v) is 3.09. The molecule has 2 aromatic rings. The van der Waals surface area contributed by atoms with E-state index < -0.39 is 0 Å². The van der Waals surface area contributed by atoms with Gasteiger partial charge in [-0.1, -0.05) is 18.2 Å². The first-order valence-corrected chi connectivity index (χ1v) is 9.91. The van der Waals surface area contributed by atoms with Gasteiger partial charge in [-0.15, -0.1) is 0 Å². The van der Waals surface area contributed by atoms with Crippen LogP contribution in [0.25, 0.3) is 6.08 Å². The Balaban J connectivity index is 1.37. The van der Waals surface area contributed by atoms with Crippen LogP contribution in [0.5, 0.6) is 17.2 Å². The first-order valence-electron chi connectivity index (χ1n) is 9.91. The molecule has 0 radical (unpaired) electrons. The van der Waals surface area contributed by atoms with Gasteiger partial charge < -0.3 is 25.0 Å². The fraction of sp³-hybridized carbons (Fsp3) is 0.348. The van der Waals surface area contributed by atoms with E-state index >= 15 is 0 Å². The van der Waals surface area contributed by atoms with Gasteiger partial charge in [0.25, 0.3) is 0 Å². The maximum atomic E-state index is 11.9. The lowest BCUT2D eigenvalue weighted by Gasteiger charge is -2.22. The van der Waals surface area contributed by atoms with E-state index in [1.54, 1.807) is 12.1 Å². The number of nitrogens with one attached hydrogen (secondary N) is 1. The van der Waals surface area contributed by atoms with Crippen LogP contribution in [-0.4, -0.2) is 42.0 Å². The van der Waals surface area contributed by atoms with Crippen LogP contribution in [0.4, 0.5) is 0 Å². The number of benzene rings is 2. The molecule has 1 aliphatic heterocycles. The lowest BCUT2D eigenvalue weighted by atomic mass is 10.1. The molecule has 6 nitrogen and oxygen atoms in total. The predicted octanol–water partition coefficient (Wildman–Crippen LogP) is 3.42. The van der Waals surface area contributed by atoms with Gasteiger partial charge in [-0.2, -0.15) is 0 Å². The van der Waals surface area contributed by atoms with Crippen molar-refractivity contribution in [1.82, 2.24) is 5.32 Å². The van der Waals surface area contributed by atoms with Crippen LogP contribution in [0.1, 0.15) is 30.4 Å². The highest BCUT2D eigenvalue weighted by Gasteiger charge is 2.14. The molecule has 0 aromatic heterocycles. The van der Waals surface area contributed by atoms with Crippen molar-refractivity contribution in [3.63, 3.8) is 0 Å². The van der Waals surface area contributed by atoms with Crippen LogP contribution < -0.4 is 10.1 Å². The number of phenols is 2. The smallest absolute Gasteiger partial charge is 0.244 e. The highest BCUT2D eigenvalue weighted by Crippen LogP contribution is 2.25. The van der Waals surface area contributed by atoms with Gasteiger partial charge in [-0.05, 0) is 67.2 Å². The Morgan fingerprint density at radius 1 is 1.14 bits per heavy atom. The van der Waals surface area contributed by atoms with Crippen LogP contribution in [0.2, 0.25) is 0 Å². The predicted molar refractivity (Wildman–Crippen MR) is 111 cm³/mol. The van der Waals surface area contributed by atoms with Gasteiger partial charge >= 0.3 is 0 Å². The molecule has 1 aliphatic rings. The van der Waals surface area contributed by atoms with Crippen molar-refractivity contribution in [2.75, 3.05) is 19.8 Å². The van der Waals surface area contributed by atoms with Crippen molar-refractivity contribution in [1.29, 1.82) is 0 Å². The van der Waals surface area contributed by atoms with Gasteiger partial charge in [0.1, 0.15) is 12.4 Å². The monoisotopic (exact) mass is 397 g/mol. The van der Waals surface area contributed by atoms with Gasteiger partial charge in [-0.3, -0.25) is 4.79 Å². The molecule has 29 heavy (non-hydrogen) atoms. The molecule has 1 amide bonds. The minimum atomic E-state index is -0.218. The van der Waals surface area contributed by atoms with E-state index in [1.165, 1.54) is 24.6 Å². The molecule has 1 saturated heterocycles. The molecule has 0 aliphatic carbocycles. The second-order valence-electron chi connectivity index (χ2n) is 7.07. The third kappa shape index (κ3) is 6.84. The Labute approximate surface area is 170 Å². The van der Waals surface area contributed by atoms with Crippen molar-refractivity contribution in [3.8, 4) is 17.2 Å². The molecule has 0 spiro atoms. The standard InChI is InChI=1S/C23H27NO5/c25-21-10-6-18(15-22(21)26)7-11-23(27)24-13-12-17-4-8-19(9-5-17)29-16-20-3-1-2-14-28-20/h4-11,15,20,25-26H,1-3,12-14,16H2,(H,24,27)/b11-7+. The van der Waals surface area contributed by atoms with Crippen molar-refractivity contribution in [2.24, 2.45) is 0 Å². The molecule has 0 bridgehead atoms. The quantitative estimate of drug-likeness (QED) is 0.469. The number of phenolic OH excluding ortho intramolecular Hbond substituents is 2. The van der Waals surface area contributed by atoms with Crippen molar-refractivity contribution < 1.29 is 24.5 Å². The number of hydrogen-bond acceptors (Lipinski definition) is 5. The molecule has 154 valence electrons. The highest BCUT2D eigenvalue weighted by molar-refractivity contribution is 5.91. The van der Waals surface area contributed by atoms with Gasteiger partial charge in [0.2, 0.25) is 5.91 Å². The van der Waals surface area contributed by atoms with Gasteiger partial charge in [0, 0.05) is 19.2 Å². The second-order valence-corrected chi connectivity index (χ2v) is 7.07. The summed E-state index contributed by atoms with van der Waals surface area (Å²) < 4.78 is 11.5. The largest absolute Gasteiger partial charge is 0.504 e. The third-order valence-electron chi connectivity index (χ3n) is 4.77. The molecule has 1 heterocycles. The molecule has 1 fully saturated rings. The highest BCUT2D eigenvalue weighted by atomic mass is 16.5. The summed E-state index contributed by atoms with van der Waals surface area (Å²) >= 11 is 0. The van der Waals surface area contributed by atoms with Crippen molar-refractivity contribution in [2.45, 2.75) is 31.8 Å². The van der Waals surface area contributed by atoms with E-state index in [0.717, 1.165) is 30.8 Å². The SMILES string of the molecule is O=C(/C=C/c1ccc(O)c(O)c1)NCCc1ccc(OCC2CCCCO2)cc1. The van der Waals surface area contributed by atoms with E-state index in [0.29, 0.717) is 25.1 Å². The average molecular weight is 397 g/mol. The second kappa shape index (κ2) is 10.5. The van der Waals surface area contributed by atoms with Crippen LogP contribution >= 0.6 is 0 Å². The molecule has 3 N–H and O–H groups in total. The summed E-state index contributed by atoms with van der Waals surface area (Å²) in [5, 5.41) is 21.6. The molecular formula is C23H27NO5. The molecule has 0 saturated carbocycles. The number of carbonyl (C=O) groups excluding carboxylic acids is 1. The number of hydrogen-bond donors (Lipinski definition) is 3. The lowest BCUT2D eigenvalue weighted by Crippen LogP contribution is -2.25. The van der Waals surface area contributed by atoms with E-state index in [4.69, 9.17) is 9.47 Å². The maximum absolute atomic E-state index is 11.9. The fourth-order valence-electron chi connectivity index (χ4n) is 3.09. The summed E-state index contributed by atoms with van der Waals surface area (Å²) in [4.78, 5) is 11.9. The summed E-state index contributed by atoms with van der Waals surface area (Å²) in [6, 6.07) is 12.3. The topological polar surface area (TPSA) is 88.0 Å². The van der Waals surface area contributed by atoms with Crippen LogP contribution in [0.3, 0.4) is 0 Å². The van der Waals surface area contributed by atoms with Crippen molar-refractivity contribution >= 4 is 12.0 Å². The maximum Gasteiger partial charge on any atom is 0.244 e. The van der Waals surface area contributed by atoms with Crippen molar-refractivity contribution in [3.05, 3.63) is 59.7 Å². The Morgan fingerprint density at radius 2 is 1.97 bits per heavy atom.